The Morgan fingerprint density at radius 1 is 0.368 bits per heavy atom. The Kier molecular flexibility index (Phi) is 36.2. The Bertz CT molecular complexity index is 1670. The number of hydrogen-bond acceptors (Lipinski definition) is 0. The Hall–Kier alpha value is 0. The van der Waals surface area contributed by atoms with Crippen LogP contribution in [0.25, 0.3) is 0 Å². The van der Waals surface area contributed by atoms with E-state index >= 15 is 0 Å². The molecule has 0 aromatic carbocycles. The first-order valence-corrected chi connectivity index (χ1v) is 40.0. The molecule has 0 nitrogen and oxygen atoms in total. The van der Waals surface area contributed by atoms with Gasteiger partial charge in [-0.15, -0.1) is 0 Å². The zero-order valence-electron chi connectivity index (χ0n) is 66.6. The maximum atomic E-state index is 2.48. The van der Waals surface area contributed by atoms with E-state index in [1.54, 1.807) is 0 Å². The van der Waals surface area contributed by atoms with Crippen LogP contribution in [0.4, 0.5) is 0 Å². The summed E-state index contributed by atoms with van der Waals surface area (Å²) in [5.74, 6) is 20.9. The minimum atomic E-state index is 0.571. The average Bonchev–Trinajstić information content (AvgIpc) is 4.17. The van der Waals surface area contributed by atoms with Gasteiger partial charge in [-0.1, -0.05) is 317 Å². The van der Waals surface area contributed by atoms with Crippen LogP contribution < -0.4 is 0 Å². The molecule has 520 valence electrons. The van der Waals surface area contributed by atoms with E-state index in [1.807, 2.05) is 0 Å². The molecular formula is C87H172. The molecular weight excluding hydrogens is 1040 g/mol. The van der Waals surface area contributed by atoms with Crippen LogP contribution in [0.3, 0.4) is 0 Å². The first-order valence-electron chi connectivity index (χ1n) is 40.0. The second kappa shape index (κ2) is 37.9. The molecule has 11 saturated carbocycles. The minimum absolute atomic E-state index is 0.571. The van der Waals surface area contributed by atoms with Gasteiger partial charge in [-0.25, -0.2) is 0 Å². The molecule has 11 rings (SSSR count). The van der Waals surface area contributed by atoms with Crippen LogP contribution in [0.15, 0.2) is 0 Å². The largest absolute Gasteiger partial charge is 0.0651 e. The van der Waals surface area contributed by atoms with Crippen LogP contribution in [0.2, 0.25) is 0 Å². The van der Waals surface area contributed by atoms with Gasteiger partial charge in [-0.3, -0.25) is 0 Å². The van der Waals surface area contributed by atoms with Crippen molar-refractivity contribution >= 4 is 0 Å². The third-order valence-electron chi connectivity index (χ3n) is 30.0. The smallest absolute Gasteiger partial charge is 0.0297 e. The van der Waals surface area contributed by atoms with Gasteiger partial charge in [0, 0.05) is 0 Å². The third-order valence-corrected chi connectivity index (χ3v) is 30.0. The Morgan fingerprint density at radius 2 is 0.793 bits per heavy atom. The second-order valence-electron chi connectivity index (χ2n) is 39.7. The average molecular weight is 1220 g/mol. The highest BCUT2D eigenvalue weighted by atomic mass is 14.5. The lowest BCUT2D eigenvalue weighted by molar-refractivity contribution is 0.0286. The molecule has 87 heavy (non-hydrogen) atoms. The standard InChI is InChI=1S/C11H22.C9H16.3C9H18.5C8H16/c1-9-10(2,3)7-6-8-11(9,4)5;1-7-5-8-3-4-9(7,2)6-8;1-8-4-6-9(2,3)7-5-8;1-8-6-4-5-7-9(8,2)3;1-7-5-4-6-8(2)9(7)3;1-6(2)8-4-7(3)5-8;1-8(2,3)7-5-4-6-7;1-6-4-5-7(2)8(6)3;1-5-6(2)8(4)7(5)3;1-3-7(2)8-5-4-6-8/h9H,6-8H2,1-5H3;7-8H,3-6H2,1-2H3;2*8H,4-7H2,1-3H3;7-9H,4-6H2,1-3H3;6-8H,4-5H2,1-3H3;7H,4-6H2,1-3H3;6-8H,4-5H2,1-3H3;5-8H,1-4H3;7-8H,3-6H2,1-2H3/t;7-,8?,9?;;8-;;;;;;/m.0.1....../s1. The van der Waals surface area contributed by atoms with E-state index in [1.165, 1.54) is 186 Å². The first-order chi connectivity index (χ1) is 40.0. The molecule has 0 aromatic heterocycles. The topological polar surface area (TPSA) is 0 Å². The molecule has 0 saturated heterocycles. The maximum absolute atomic E-state index is 2.48. The van der Waals surface area contributed by atoms with E-state index in [0.29, 0.717) is 27.1 Å². The van der Waals surface area contributed by atoms with Gasteiger partial charge in [0.1, 0.15) is 0 Å². The van der Waals surface area contributed by atoms with Gasteiger partial charge in [0.15, 0.2) is 0 Å². The van der Waals surface area contributed by atoms with Crippen molar-refractivity contribution in [1.29, 1.82) is 0 Å². The molecule has 0 N–H and O–H groups in total. The van der Waals surface area contributed by atoms with Gasteiger partial charge in [-0.2, -0.15) is 0 Å². The van der Waals surface area contributed by atoms with E-state index in [4.69, 9.17) is 0 Å². The number of hydrogen-bond donors (Lipinski definition) is 0. The van der Waals surface area contributed by atoms with Crippen LogP contribution in [0, 0.1) is 157 Å². The Labute approximate surface area is 554 Å². The first kappa shape index (κ1) is 83.1. The van der Waals surface area contributed by atoms with Crippen LogP contribution in [-0.4, -0.2) is 0 Å². The van der Waals surface area contributed by atoms with E-state index in [0.717, 1.165) is 130 Å². The molecule has 0 aliphatic heterocycles. The zero-order valence-corrected chi connectivity index (χ0v) is 66.6. The van der Waals surface area contributed by atoms with Crippen LogP contribution in [-0.2, 0) is 0 Å². The highest BCUT2D eigenvalue weighted by Gasteiger charge is 2.46. The van der Waals surface area contributed by atoms with Crippen molar-refractivity contribution in [2.45, 2.75) is 401 Å². The van der Waals surface area contributed by atoms with Crippen LogP contribution in [0.1, 0.15) is 401 Å². The summed E-state index contributed by atoms with van der Waals surface area (Å²) in [5.41, 5.74) is 3.80. The SMILES string of the molecule is CC(C)(C)C1CCC1.CC1C(C)(C)CCCC1(C)C.CC1C(C)C(C)C1C.CC1CC(C(C)C)C1.CC1CCC(C)(C)CC1.CC1CCC(C)C1C.CC1CCCC(C)C1C.CCC(C)C1CCC1.C[C@@H]1CCCCC1(C)C.C[C@H]1CC2CCC1(C)C2. The molecule has 0 aromatic rings. The second-order valence-corrected chi connectivity index (χ2v) is 39.7. The zero-order chi connectivity index (χ0) is 66.6. The summed E-state index contributed by atoms with van der Waals surface area (Å²) in [4.78, 5) is 0. The van der Waals surface area contributed by atoms with Gasteiger partial charge in [0.2, 0.25) is 0 Å². The van der Waals surface area contributed by atoms with E-state index in [2.05, 4.69) is 215 Å². The van der Waals surface area contributed by atoms with Crippen molar-refractivity contribution in [2.24, 2.45) is 157 Å². The summed E-state index contributed by atoms with van der Waals surface area (Å²) in [6.07, 6.45) is 42.5. The fourth-order valence-electron chi connectivity index (χ4n) is 17.9. The van der Waals surface area contributed by atoms with Crippen LogP contribution >= 0.6 is 0 Å². The number of rotatable bonds is 3. The van der Waals surface area contributed by atoms with Gasteiger partial charge in [-0.05, 0) is 240 Å². The minimum Gasteiger partial charge on any atom is -0.0651 e. The monoisotopic (exact) mass is 1220 g/mol. The fourth-order valence-corrected chi connectivity index (χ4v) is 17.9. The lowest BCUT2D eigenvalue weighted by atomic mass is 9.58. The molecule has 0 heterocycles. The van der Waals surface area contributed by atoms with Crippen molar-refractivity contribution < 1.29 is 0 Å². The van der Waals surface area contributed by atoms with Crippen molar-refractivity contribution in [3.63, 3.8) is 0 Å². The third kappa shape index (κ3) is 28.5. The van der Waals surface area contributed by atoms with Crippen molar-refractivity contribution in [2.75, 3.05) is 0 Å². The van der Waals surface area contributed by atoms with Gasteiger partial charge in [0.25, 0.3) is 0 Å². The molecule has 9 atom stereocenters. The molecule has 0 heteroatoms. The van der Waals surface area contributed by atoms with E-state index in [9.17, 15) is 0 Å². The molecule has 11 aliphatic rings. The molecule has 7 unspecified atom stereocenters. The maximum Gasteiger partial charge on any atom is -0.0297 e. The summed E-state index contributed by atoms with van der Waals surface area (Å²) in [5, 5.41) is 0. The van der Waals surface area contributed by atoms with E-state index in [-0.39, 0.29) is 0 Å². The lowest BCUT2D eigenvalue weighted by Gasteiger charge is -2.47. The molecule has 2 bridgehead atoms. The number of fused-ring (bicyclic) bond motifs is 2. The molecule has 0 radical (unpaired) electrons. The molecule has 11 fully saturated rings. The highest BCUT2D eigenvalue weighted by molar-refractivity contribution is 4.97. The highest BCUT2D eigenvalue weighted by Crippen LogP contribution is 2.57. The summed E-state index contributed by atoms with van der Waals surface area (Å²) in [6.45, 7) is 73.7. The normalized spacial score (nSPS) is 38.1. The van der Waals surface area contributed by atoms with Gasteiger partial charge < -0.3 is 0 Å². The molecule has 11 aliphatic carbocycles. The summed E-state index contributed by atoms with van der Waals surface area (Å²) in [6, 6.07) is 0. The fraction of sp³-hybridized carbons (Fsp3) is 1.00. The summed E-state index contributed by atoms with van der Waals surface area (Å²) in [7, 11) is 0. The summed E-state index contributed by atoms with van der Waals surface area (Å²) < 4.78 is 0. The molecule has 0 spiro atoms. The van der Waals surface area contributed by atoms with Gasteiger partial charge in [0.05, 0.1) is 0 Å². The van der Waals surface area contributed by atoms with E-state index < -0.39 is 0 Å². The summed E-state index contributed by atoms with van der Waals surface area (Å²) >= 11 is 0. The predicted molar refractivity (Wildman–Crippen MR) is 398 cm³/mol. The van der Waals surface area contributed by atoms with Crippen molar-refractivity contribution in [3.05, 3.63) is 0 Å². The van der Waals surface area contributed by atoms with Crippen molar-refractivity contribution in [1.82, 2.24) is 0 Å². The quantitative estimate of drug-likeness (QED) is 0.264. The Balaban J connectivity index is 0.000000330. The lowest BCUT2D eigenvalue weighted by Crippen LogP contribution is -2.39. The van der Waals surface area contributed by atoms with Gasteiger partial charge >= 0.3 is 0 Å². The van der Waals surface area contributed by atoms with Crippen molar-refractivity contribution in [3.8, 4) is 0 Å². The predicted octanol–water partition coefficient (Wildman–Crippen LogP) is 29.8. The van der Waals surface area contributed by atoms with Crippen LogP contribution in [0.5, 0.6) is 0 Å². The Morgan fingerprint density at radius 3 is 1.00 bits per heavy atom. The molecule has 0 amide bonds.